The van der Waals surface area contributed by atoms with E-state index in [-0.39, 0.29) is 11.7 Å². The van der Waals surface area contributed by atoms with E-state index in [2.05, 4.69) is 5.22 Å². The quantitative estimate of drug-likeness (QED) is 0.312. The second kappa shape index (κ2) is 3.75. The van der Waals surface area contributed by atoms with Crippen molar-refractivity contribution in [3.8, 4) is 0 Å². The third-order valence-corrected chi connectivity index (χ3v) is 1.49. The lowest BCUT2D eigenvalue weighted by atomic mass is 10.3. The van der Waals surface area contributed by atoms with Gasteiger partial charge in [0.1, 0.15) is 11.7 Å². The minimum atomic E-state index is -0.351. The van der Waals surface area contributed by atoms with E-state index in [1.54, 1.807) is 0 Å². The lowest BCUT2D eigenvalue weighted by molar-refractivity contribution is 0.627. The number of hydrogen-bond donors (Lipinski definition) is 2. The Balaban J connectivity index is 2.99. The molecule has 0 bridgehead atoms. The topological polar surface area (TPSA) is 63.3 Å². The zero-order valence-corrected chi connectivity index (χ0v) is 7.08. The van der Waals surface area contributed by atoms with Crippen molar-refractivity contribution in [2.75, 3.05) is 5.01 Å². The van der Waals surface area contributed by atoms with Crippen LogP contribution >= 0.6 is 0 Å². The maximum atomic E-state index is 12.5. The van der Waals surface area contributed by atoms with Gasteiger partial charge in [0.25, 0.3) is 0 Å². The van der Waals surface area contributed by atoms with E-state index in [9.17, 15) is 4.39 Å². The summed E-state index contributed by atoms with van der Waals surface area (Å²) >= 11 is 0. The van der Waals surface area contributed by atoms with Crippen LogP contribution in [0.4, 0.5) is 10.1 Å². The Morgan fingerprint density at radius 1 is 1.38 bits per heavy atom. The molecule has 4 nitrogen and oxygen atoms in total. The van der Waals surface area contributed by atoms with E-state index in [0.29, 0.717) is 5.69 Å². The summed E-state index contributed by atoms with van der Waals surface area (Å²) in [6.45, 7) is 1.50. The van der Waals surface area contributed by atoms with E-state index in [1.807, 2.05) is 0 Å². The van der Waals surface area contributed by atoms with Crippen LogP contribution in [-0.4, -0.2) is 5.84 Å². The maximum absolute atomic E-state index is 12.5. The summed E-state index contributed by atoms with van der Waals surface area (Å²) in [4.78, 5) is 0. The van der Waals surface area contributed by atoms with E-state index in [4.69, 9.17) is 10.9 Å². The lowest BCUT2D eigenvalue weighted by Crippen LogP contribution is -2.20. The Bertz CT molecular complexity index is 319. The Kier molecular flexibility index (Phi) is 2.69. The second-order valence-corrected chi connectivity index (χ2v) is 2.47. The number of hydrogen-bond acceptors (Lipinski definition) is 3. The zero-order valence-electron chi connectivity index (χ0n) is 7.08. The minimum Gasteiger partial charge on any atom is -0.287 e. The van der Waals surface area contributed by atoms with E-state index in [1.165, 1.54) is 31.2 Å². The fraction of sp³-hybridized carbons (Fsp3) is 0.125. The van der Waals surface area contributed by atoms with Crippen LogP contribution in [0, 0.1) is 16.8 Å². The van der Waals surface area contributed by atoms with Gasteiger partial charge >= 0.3 is 0 Å². The molecule has 0 unspecified atom stereocenters. The van der Waals surface area contributed by atoms with Crippen molar-refractivity contribution in [1.82, 2.24) is 0 Å². The summed E-state index contributed by atoms with van der Waals surface area (Å²) < 4.78 is 12.5. The highest BCUT2D eigenvalue weighted by molar-refractivity contribution is 5.92. The van der Waals surface area contributed by atoms with Crippen molar-refractivity contribution in [2.45, 2.75) is 6.92 Å². The third-order valence-electron chi connectivity index (χ3n) is 1.49. The number of nitrogens with one attached hydrogen (secondary N) is 2. The standard InChI is InChI=1S/C8H9FN4/c1-6(10)13(12-11)8-4-2-7(9)3-5-8/h2-5,10-11H,1H3. The minimum absolute atomic E-state index is 0.113. The Labute approximate surface area is 75.0 Å². The van der Waals surface area contributed by atoms with Gasteiger partial charge in [-0.25, -0.2) is 9.40 Å². The van der Waals surface area contributed by atoms with Gasteiger partial charge in [0, 0.05) is 0 Å². The van der Waals surface area contributed by atoms with Crippen molar-refractivity contribution < 1.29 is 4.39 Å². The van der Waals surface area contributed by atoms with Crippen molar-refractivity contribution in [2.24, 2.45) is 5.22 Å². The van der Waals surface area contributed by atoms with Crippen LogP contribution in [0.2, 0.25) is 0 Å². The second-order valence-electron chi connectivity index (χ2n) is 2.47. The zero-order chi connectivity index (χ0) is 9.84. The summed E-state index contributed by atoms with van der Waals surface area (Å²) in [7, 11) is 0. The molecular formula is C8H9FN4. The molecule has 0 saturated heterocycles. The number of nitrogens with zero attached hydrogens (tertiary/aromatic N) is 2. The molecule has 0 spiro atoms. The average Bonchev–Trinajstić information content (AvgIpc) is 2.09. The first-order valence-corrected chi connectivity index (χ1v) is 3.63. The van der Waals surface area contributed by atoms with Gasteiger partial charge in [-0.05, 0) is 31.2 Å². The molecule has 1 aromatic carbocycles. The molecule has 0 aliphatic heterocycles. The maximum Gasteiger partial charge on any atom is 0.123 e. The largest absolute Gasteiger partial charge is 0.287 e. The summed E-state index contributed by atoms with van der Waals surface area (Å²) in [6, 6.07) is 5.45. The molecule has 0 amide bonds. The van der Waals surface area contributed by atoms with Crippen LogP contribution in [0.1, 0.15) is 6.92 Å². The first-order chi connectivity index (χ1) is 6.15. The molecule has 0 aliphatic carbocycles. The van der Waals surface area contributed by atoms with E-state index < -0.39 is 0 Å². The summed E-state index contributed by atoms with van der Waals surface area (Å²) in [6.07, 6.45) is 0. The molecule has 0 aromatic heterocycles. The molecule has 0 fully saturated rings. The van der Waals surface area contributed by atoms with Gasteiger partial charge in [-0.15, -0.1) is 0 Å². The van der Waals surface area contributed by atoms with Crippen LogP contribution in [-0.2, 0) is 0 Å². The molecule has 13 heavy (non-hydrogen) atoms. The highest BCUT2D eigenvalue weighted by Gasteiger charge is 2.06. The van der Waals surface area contributed by atoms with Gasteiger partial charge < -0.3 is 0 Å². The molecule has 68 valence electrons. The number of amidine groups is 1. The molecule has 0 atom stereocenters. The predicted octanol–water partition coefficient (Wildman–Crippen LogP) is 2.58. The first kappa shape index (κ1) is 9.31. The van der Waals surface area contributed by atoms with Crippen LogP contribution in [0.15, 0.2) is 29.5 Å². The summed E-state index contributed by atoms with van der Waals surface area (Å²) in [5.41, 5.74) is 7.30. The van der Waals surface area contributed by atoms with Crippen molar-refractivity contribution >= 4 is 11.5 Å². The van der Waals surface area contributed by atoms with E-state index in [0.717, 1.165) is 5.01 Å². The predicted molar refractivity (Wildman–Crippen MR) is 47.4 cm³/mol. The van der Waals surface area contributed by atoms with Gasteiger partial charge in [-0.1, -0.05) is 5.22 Å². The molecule has 1 aromatic rings. The number of rotatable bonds is 2. The highest BCUT2D eigenvalue weighted by atomic mass is 19.1. The monoisotopic (exact) mass is 180 g/mol. The number of anilines is 1. The lowest BCUT2D eigenvalue weighted by Gasteiger charge is -2.14. The molecular weight excluding hydrogens is 171 g/mol. The smallest absolute Gasteiger partial charge is 0.123 e. The molecule has 0 aliphatic rings. The number of benzene rings is 1. The fourth-order valence-electron chi connectivity index (χ4n) is 0.909. The van der Waals surface area contributed by atoms with Crippen LogP contribution in [0.5, 0.6) is 0 Å². The Morgan fingerprint density at radius 2 is 1.92 bits per heavy atom. The molecule has 2 N–H and O–H groups in total. The number of halogens is 1. The normalized spacial score (nSPS) is 9.38. The SMILES string of the molecule is CC(=N)N(N=N)c1ccc(F)cc1. The molecule has 0 radical (unpaired) electrons. The molecule has 0 heterocycles. The van der Waals surface area contributed by atoms with Crippen molar-refractivity contribution in [3.63, 3.8) is 0 Å². The van der Waals surface area contributed by atoms with Crippen molar-refractivity contribution in [3.05, 3.63) is 30.1 Å². The van der Waals surface area contributed by atoms with Crippen LogP contribution in [0.25, 0.3) is 0 Å². The van der Waals surface area contributed by atoms with Gasteiger partial charge in [-0.2, -0.15) is 5.53 Å². The molecule has 0 saturated carbocycles. The van der Waals surface area contributed by atoms with Gasteiger partial charge in [0.05, 0.1) is 5.69 Å². The third kappa shape index (κ3) is 2.08. The fourth-order valence-corrected chi connectivity index (χ4v) is 0.909. The molecule has 1 rings (SSSR count). The summed E-state index contributed by atoms with van der Waals surface area (Å²) in [5.74, 6) is -0.238. The Morgan fingerprint density at radius 3 is 2.31 bits per heavy atom. The summed E-state index contributed by atoms with van der Waals surface area (Å²) in [5, 5.41) is 11.5. The van der Waals surface area contributed by atoms with Gasteiger partial charge in [-0.3, -0.25) is 5.41 Å². The highest BCUT2D eigenvalue weighted by Crippen LogP contribution is 2.14. The Hall–Kier alpha value is -1.78. The average molecular weight is 180 g/mol. The van der Waals surface area contributed by atoms with Crippen LogP contribution < -0.4 is 5.01 Å². The first-order valence-electron chi connectivity index (χ1n) is 3.63. The van der Waals surface area contributed by atoms with E-state index >= 15 is 0 Å². The van der Waals surface area contributed by atoms with Gasteiger partial charge in [0.2, 0.25) is 0 Å². The molecule has 5 heteroatoms. The van der Waals surface area contributed by atoms with Crippen LogP contribution in [0.3, 0.4) is 0 Å². The van der Waals surface area contributed by atoms with Crippen molar-refractivity contribution in [1.29, 1.82) is 10.9 Å². The van der Waals surface area contributed by atoms with Gasteiger partial charge in [0.15, 0.2) is 0 Å².